The Morgan fingerprint density at radius 3 is 2.04 bits per heavy atom. The molecule has 0 radical (unpaired) electrons. The summed E-state index contributed by atoms with van der Waals surface area (Å²) in [7, 11) is 0. The quantitative estimate of drug-likeness (QED) is 0.0509. The predicted octanol–water partition coefficient (Wildman–Crippen LogP) is 4.52. The zero-order valence-electron chi connectivity index (χ0n) is 28.7. The van der Waals surface area contributed by atoms with Crippen molar-refractivity contribution >= 4 is 5.97 Å². The standard InChI is InChI=1S/C35H66O11/c1-2-3-4-5-6-7-8-9-10-11-12-13-14-15-16-18-33(39)44-23-17-22-40-27-28-41-29-31(42-24-19-36)35-34(45-26-21-38)32(30-46-35)43-25-20-37/h9-10,31-32,34-38H,2-8,11-30H2,1H3/b10-9-/t31?,32?,34-,35?/m0/s1. The number of rotatable bonds is 34. The van der Waals surface area contributed by atoms with Gasteiger partial charge in [0.25, 0.3) is 0 Å². The van der Waals surface area contributed by atoms with E-state index in [0.717, 1.165) is 25.7 Å². The Hall–Kier alpha value is -1.15. The summed E-state index contributed by atoms with van der Waals surface area (Å²) in [6, 6.07) is 0. The smallest absolute Gasteiger partial charge is 0.305 e. The molecule has 46 heavy (non-hydrogen) atoms. The molecule has 1 rings (SSSR count). The highest BCUT2D eigenvalue weighted by Gasteiger charge is 2.44. The van der Waals surface area contributed by atoms with E-state index in [1.54, 1.807) is 0 Å². The van der Waals surface area contributed by atoms with Gasteiger partial charge in [-0.15, -0.1) is 0 Å². The number of esters is 1. The number of hydrogen-bond donors (Lipinski definition) is 3. The topological polar surface area (TPSA) is 142 Å². The van der Waals surface area contributed by atoms with Gasteiger partial charge in [0.05, 0.1) is 72.7 Å². The number of hydrogen-bond acceptors (Lipinski definition) is 11. The maximum atomic E-state index is 12.0. The number of ether oxygens (including phenoxy) is 7. The molecule has 0 bridgehead atoms. The molecule has 1 aliphatic heterocycles. The molecule has 0 spiro atoms. The zero-order chi connectivity index (χ0) is 33.3. The van der Waals surface area contributed by atoms with Gasteiger partial charge in [0.2, 0.25) is 0 Å². The van der Waals surface area contributed by atoms with Crippen molar-refractivity contribution in [3.05, 3.63) is 12.2 Å². The summed E-state index contributed by atoms with van der Waals surface area (Å²) in [4.78, 5) is 12.0. The van der Waals surface area contributed by atoms with E-state index in [9.17, 15) is 15.0 Å². The van der Waals surface area contributed by atoms with Gasteiger partial charge in [-0.1, -0.05) is 70.4 Å². The van der Waals surface area contributed by atoms with Gasteiger partial charge < -0.3 is 48.5 Å². The van der Waals surface area contributed by atoms with Crippen molar-refractivity contribution in [2.45, 2.75) is 128 Å². The first-order valence-corrected chi connectivity index (χ1v) is 17.9. The van der Waals surface area contributed by atoms with Crippen LogP contribution in [-0.2, 0) is 38.0 Å². The van der Waals surface area contributed by atoms with Crippen molar-refractivity contribution in [3.8, 4) is 0 Å². The van der Waals surface area contributed by atoms with Crippen LogP contribution in [0.15, 0.2) is 12.2 Å². The Kier molecular flexibility index (Phi) is 30.2. The summed E-state index contributed by atoms with van der Waals surface area (Å²) >= 11 is 0. The molecule has 0 saturated carbocycles. The van der Waals surface area contributed by atoms with Crippen LogP contribution in [0.4, 0.5) is 0 Å². The normalized spacial score (nSPS) is 18.9. The summed E-state index contributed by atoms with van der Waals surface area (Å²) in [5.41, 5.74) is 0. The average molecular weight is 663 g/mol. The van der Waals surface area contributed by atoms with Crippen molar-refractivity contribution in [1.82, 2.24) is 0 Å². The van der Waals surface area contributed by atoms with E-state index in [-0.39, 0.29) is 58.8 Å². The van der Waals surface area contributed by atoms with Gasteiger partial charge in [-0.05, 0) is 32.1 Å². The fourth-order valence-corrected chi connectivity index (χ4v) is 5.28. The second-order valence-electron chi connectivity index (χ2n) is 11.7. The maximum Gasteiger partial charge on any atom is 0.305 e. The SMILES string of the molecule is CCCCCCCC/C=C\CCCCCCCC(=O)OCCCOCCOCC(OCCO)C1OCC(OCCO)[C@@H]1OCCO. The molecule has 11 nitrogen and oxygen atoms in total. The van der Waals surface area contributed by atoms with E-state index < -0.39 is 24.4 Å². The summed E-state index contributed by atoms with van der Waals surface area (Å²) < 4.78 is 39.7. The summed E-state index contributed by atoms with van der Waals surface area (Å²) in [6.45, 7) is 4.13. The fourth-order valence-electron chi connectivity index (χ4n) is 5.28. The summed E-state index contributed by atoms with van der Waals surface area (Å²) in [6.07, 6.45) is 19.8. The number of carbonyl (C=O) groups excluding carboxylic acids is 1. The highest BCUT2D eigenvalue weighted by molar-refractivity contribution is 5.69. The van der Waals surface area contributed by atoms with Crippen LogP contribution in [0.3, 0.4) is 0 Å². The van der Waals surface area contributed by atoms with Crippen LogP contribution >= 0.6 is 0 Å². The van der Waals surface area contributed by atoms with Crippen molar-refractivity contribution in [3.63, 3.8) is 0 Å². The Labute approximate surface area is 278 Å². The minimum atomic E-state index is -0.528. The second kappa shape index (κ2) is 32.4. The first-order valence-electron chi connectivity index (χ1n) is 17.9. The van der Waals surface area contributed by atoms with Crippen LogP contribution in [0.5, 0.6) is 0 Å². The van der Waals surface area contributed by atoms with Gasteiger partial charge >= 0.3 is 5.97 Å². The highest BCUT2D eigenvalue weighted by atomic mass is 16.6. The van der Waals surface area contributed by atoms with Gasteiger partial charge in [0, 0.05) is 19.4 Å². The minimum Gasteiger partial charge on any atom is -0.466 e. The molecule has 3 N–H and O–H groups in total. The first kappa shape index (κ1) is 42.9. The molecule has 0 aromatic rings. The van der Waals surface area contributed by atoms with Crippen LogP contribution in [0.1, 0.15) is 103 Å². The summed E-state index contributed by atoms with van der Waals surface area (Å²) in [5, 5.41) is 27.5. The van der Waals surface area contributed by atoms with Crippen LogP contribution in [0.2, 0.25) is 0 Å². The Bertz CT molecular complexity index is 693. The Balaban J connectivity index is 2.03. The molecular weight excluding hydrogens is 596 g/mol. The lowest BCUT2D eigenvalue weighted by atomic mass is 10.1. The molecule has 4 atom stereocenters. The predicted molar refractivity (Wildman–Crippen MR) is 177 cm³/mol. The van der Waals surface area contributed by atoms with Gasteiger partial charge in [-0.2, -0.15) is 0 Å². The number of allylic oxidation sites excluding steroid dienone is 2. The van der Waals surface area contributed by atoms with Crippen LogP contribution in [0.25, 0.3) is 0 Å². The third-order valence-electron chi connectivity index (χ3n) is 7.75. The molecule has 3 unspecified atom stereocenters. The van der Waals surface area contributed by atoms with E-state index >= 15 is 0 Å². The Morgan fingerprint density at radius 2 is 1.35 bits per heavy atom. The zero-order valence-corrected chi connectivity index (χ0v) is 28.7. The first-order chi connectivity index (χ1) is 22.7. The number of unbranched alkanes of at least 4 members (excludes halogenated alkanes) is 11. The molecule has 0 aromatic heterocycles. The monoisotopic (exact) mass is 662 g/mol. The third-order valence-corrected chi connectivity index (χ3v) is 7.75. The lowest BCUT2D eigenvalue weighted by Gasteiger charge is -2.29. The lowest BCUT2D eigenvalue weighted by Crippen LogP contribution is -2.45. The molecule has 11 heteroatoms. The average Bonchev–Trinajstić information content (AvgIpc) is 3.47. The van der Waals surface area contributed by atoms with Gasteiger partial charge in [-0.3, -0.25) is 4.79 Å². The molecule has 0 aromatic carbocycles. The van der Waals surface area contributed by atoms with E-state index in [2.05, 4.69) is 19.1 Å². The molecule has 272 valence electrons. The van der Waals surface area contributed by atoms with Crippen LogP contribution < -0.4 is 0 Å². The van der Waals surface area contributed by atoms with Crippen molar-refractivity contribution in [2.75, 3.05) is 79.3 Å². The molecule has 1 saturated heterocycles. The maximum absolute atomic E-state index is 12.0. The molecular formula is C35H66O11. The molecule has 1 aliphatic rings. The lowest BCUT2D eigenvalue weighted by molar-refractivity contribution is -0.144. The van der Waals surface area contributed by atoms with Crippen molar-refractivity contribution in [2.24, 2.45) is 0 Å². The second-order valence-corrected chi connectivity index (χ2v) is 11.7. The largest absolute Gasteiger partial charge is 0.466 e. The van der Waals surface area contributed by atoms with Gasteiger partial charge in [0.15, 0.2) is 0 Å². The highest BCUT2D eigenvalue weighted by Crippen LogP contribution is 2.25. The number of aliphatic hydroxyl groups is 3. The molecule has 0 aliphatic carbocycles. The number of aliphatic hydroxyl groups excluding tert-OH is 3. The van der Waals surface area contributed by atoms with Crippen molar-refractivity contribution in [1.29, 1.82) is 0 Å². The molecule has 1 fully saturated rings. The van der Waals surface area contributed by atoms with E-state index in [1.165, 1.54) is 57.8 Å². The summed E-state index contributed by atoms with van der Waals surface area (Å²) in [5.74, 6) is -0.144. The van der Waals surface area contributed by atoms with Crippen LogP contribution in [0, 0.1) is 0 Å². The molecule has 1 heterocycles. The van der Waals surface area contributed by atoms with Gasteiger partial charge in [-0.25, -0.2) is 0 Å². The van der Waals surface area contributed by atoms with Crippen molar-refractivity contribution < 1.29 is 53.3 Å². The van der Waals surface area contributed by atoms with E-state index in [0.29, 0.717) is 39.3 Å². The molecule has 0 amide bonds. The van der Waals surface area contributed by atoms with E-state index in [1.807, 2.05) is 0 Å². The van der Waals surface area contributed by atoms with E-state index in [4.69, 9.17) is 38.3 Å². The minimum absolute atomic E-state index is 0.106. The van der Waals surface area contributed by atoms with Gasteiger partial charge in [0.1, 0.15) is 24.4 Å². The number of carbonyl (C=O) groups is 1. The fraction of sp³-hybridized carbons (Fsp3) is 0.914. The van der Waals surface area contributed by atoms with Crippen LogP contribution in [-0.4, -0.2) is 125 Å². The third kappa shape index (κ3) is 23.2. The Morgan fingerprint density at radius 1 is 0.717 bits per heavy atom.